The summed E-state index contributed by atoms with van der Waals surface area (Å²) >= 11 is 0. The second kappa shape index (κ2) is 5.74. The molecule has 0 saturated carbocycles. The van der Waals surface area contributed by atoms with E-state index in [-0.39, 0.29) is 24.9 Å². The van der Waals surface area contributed by atoms with Gasteiger partial charge >= 0.3 is 0 Å². The fourth-order valence-corrected chi connectivity index (χ4v) is 3.35. The summed E-state index contributed by atoms with van der Waals surface area (Å²) < 4.78 is 27.9. The molecule has 2 saturated heterocycles. The molecule has 19 heavy (non-hydrogen) atoms. The Morgan fingerprint density at radius 2 is 2.05 bits per heavy atom. The Bertz CT molecular complexity index is 433. The number of ether oxygens (including phenoxy) is 1. The molecule has 2 aliphatic rings. The van der Waals surface area contributed by atoms with Gasteiger partial charge in [0.2, 0.25) is 15.9 Å². The molecule has 0 aliphatic carbocycles. The van der Waals surface area contributed by atoms with E-state index in [0.29, 0.717) is 19.8 Å². The molecule has 2 aliphatic heterocycles. The first kappa shape index (κ1) is 14.7. The van der Waals surface area contributed by atoms with Crippen LogP contribution >= 0.6 is 0 Å². The number of primary sulfonamides is 1. The largest absolute Gasteiger partial charge is 0.379 e. The van der Waals surface area contributed by atoms with Crippen LogP contribution in [0.3, 0.4) is 0 Å². The summed E-state index contributed by atoms with van der Waals surface area (Å²) in [4.78, 5) is 15.7. The number of nitrogens with zero attached hydrogens (tertiary/aromatic N) is 2. The van der Waals surface area contributed by atoms with Crippen molar-refractivity contribution < 1.29 is 17.9 Å². The molecule has 0 bridgehead atoms. The van der Waals surface area contributed by atoms with Crippen LogP contribution in [0.25, 0.3) is 0 Å². The minimum absolute atomic E-state index is 0.00860. The number of carbonyl (C=O) groups excluding carboxylic acids is 1. The summed E-state index contributed by atoms with van der Waals surface area (Å²) in [6, 6.07) is 0.201. The standard InChI is InChI=1S/C11H21N3O4S/c1-9(13-2-4-18-5-3-13)7-14-8-10(6-11(14)15)19(12,16)17/h9-10H,2-8H2,1H3,(H2,12,16,17). The third-order valence-corrected chi connectivity index (χ3v) is 5.04. The lowest BCUT2D eigenvalue weighted by Crippen LogP contribution is -2.48. The van der Waals surface area contributed by atoms with Gasteiger partial charge in [-0.2, -0.15) is 0 Å². The average molecular weight is 291 g/mol. The van der Waals surface area contributed by atoms with Crippen LogP contribution in [0.4, 0.5) is 0 Å². The Hall–Kier alpha value is -0.700. The molecule has 2 fully saturated rings. The van der Waals surface area contributed by atoms with Gasteiger partial charge in [0.15, 0.2) is 0 Å². The van der Waals surface area contributed by atoms with Gasteiger partial charge in [-0.15, -0.1) is 0 Å². The first-order valence-corrected chi connectivity index (χ1v) is 8.10. The first-order valence-electron chi connectivity index (χ1n) is 6.49. The monoisotopic (exact) mass is 291 g/mol. The molecule has 2 heterocycles. The summed E-state index contributed by atoms with van der Waals surface area (Å²) in [5, 5.41) is 4.35. The highest BCUT2D eigenvalue weighted by Crippen LogP contribution is 2.18. The van der Waals surface area contributed by atoms with Gasteiger partial charge in [-0.1, -0.05) is 0 Å². The highest BCUT2D eigenvalue weighted by Gasteiger charge is 2.37. The highest BCUT2D eigenvalue weighted by molar-refractivity contribution is 7.89. The fraction of sp³-hybridized carbons (Fsp3) is 0.909. The van der Waals surface area contributed by atoms with E-state index in [4.69, 9.17) is 9.88 Å². The van der Waals surface area contributed by atoms with E-state index in [1.807, 2.05) is 6.92 Å². The average Bonchev–Trinajstić information content (AvgIpc) is 2.72. The topological polar surface area (TPSA) is 92.9 Å². The van der Waals surface area contributed by atoms with Crippen molar-refractivity contribution in [3.63, 3.8) is 0 Å². The zero-order valence-electron chi connectivity index (χ0n) is 11.1. The van der Waals surface area contributed by atoms with Crippen molar-refractivity contribution in [1.82, 2.24) is 9.80 Å². The van der Waals surface area contributed by atoms with Crippen LogP contribution in [0, 0.1) is 0 Å². The zero-order valence-corrected chi connectivity index (χ0v) is 11.9. The Morgan fingerprint density at radius 1 is 1.42 bits per heavy atom. The summed E-state index contributed by atoms with van der Waals surface area (Å²) in [5.74, 6) is -0.126. The number of hydrogen-bond donors (Lipinski definition) is 1. The molecule has 2 N–H and O–H groups in total. The predicted molar refractivity (Wildman–Crippen MR) is 69.9 cm³/mol. The Balaban J connectivity index is 1.90. The summed E-state index contributed by atoms with van der Waals surface area (Å²) in [6.07, 6.45) is 0.00860. The smallest absolute Gasteiger partial charge is 0.224 e. The van der Waals surface area contributed by atoms with Crippen molar-refractivity contribution in [3.8, 4) is 0 Å². The summed E-state index contributed by atoms with van der Waals surface area (Å²) in [7, 11) is -3.63. The van der Waals surface area contributed by atoms with E-state index in [2.05, 4.69) is 4.90 Å². The van der Waals surface area contributed by atoms with Gasteiger partial charge in [0.1, 0.15) is 5.25 Å². The Morgan fingerprint density at radius 3 is 2.58 bits per heavy atom. The Labute approximate surface area is 113 Å². The van der Waals surface area contributed by atoms with Crippen LogP contribution in [0.15, 0.2) is 0 Å². The fourth-order valence-electron chi connectivity index (χ4n) is 2.59. The van der Waals surface area contributed by atoms with E-state index >= 15 is 0 Å². The normalized spacial score (nSPS) is 27.8. The van der Waals surface area contributed by atoms with Crippen LogP contribution in [0.2, 0.25) is 0 Å². The van der Waals surface area contributed by atoms with Gasteiger partial charge in [0.05, 0.1) is 13.2 Å². The third-order valence-electron chi connectivity index (χ3n) is 3.80. The van der Waals surface area contributed by atoms with Crippen LogP contribution in [-0.2, 0) is 19.6 Å². The van der Waals surface area contributed by atoms with Gasteiger partial charge < -0.3 is 9.64 Å². The molecule has 0 radical (unpaired) electrons. The molecular formula is C11H21N3O4S. The van der Waals surface area contributed by atoms with E-state index in [9.17, 15) is 13.2 Å². The number of sulfonamides is 1. The van der Waals surface area contributed by atoms with Crippen molar-refractivity contribution in [1.29, 1.82) is 0 Å². The number of morpholine rings is 1. The van der Waals surface area contributed by atoms with Crippen molar-refractivity contribution in [2.75, 3.05) is 39.4 Å². The molecular weight excluding hydrogens is 270 g/mol. The third kappa shape index (κ3) is 3.65. The lowest BCUT2D eigenvalue weighted by Gasteiger charge is -2.34. The van der Waals surface area contributed by atoms with Crippen LogP contribution in [0.5, 0.6) is 0 Å². The molecule has 2 atom stereocenters. The van der Waals surface area contributed by atoms with E-state index in [0.717, 1.165) is 13.1 Å². The molecule has 2 unspecified atom stereocenters. The van der Waals surface area contributed by atoms with Gasteiger partial charge in [0, 0.05) is 38.6 Å². The van der Waals surface area contributed by atoms with Gasteiger partial charge in [-0.25, -0.2) is 13.6 Å². The van der Waals surface area contributed by atoms with Crippen molar-refractivity contribution >= 4 is 15.9 Å². The predicted octanol–water partition coefficient (Wildman–Crippen LogP) is -1.40. The Kier molecular flexibility index (Phi) is 4.44. The lowest BCUT2D eigenvalue weighted by molar-refractivity contribution is -0.128. The molecule has 0 aromatic carbocycles. The quantitative estimate of drug-likeness (QED) is 0.687. The van der Waals surface area contributed by atoms with Crippen LogP contribution in [-0.4, -0.2) is 74.8 Å². The van der Waals surface area contributed by atoms with Gasteiger partial charge in [-0.3, -0.25) is 9.69 Å². The van der Waals surface area contributed by atoms with Gasteiger partial charge in [-0.05, 0) is 6.92 Å². The minimum Gasteiger partial charge on any atom is -0.379 e. The molecule has 1 amide bonds. The minimum atomic E-state index is -3.63. The van der Waals surface area contributed by atoms with Crippen LogP contribution in [0.1, 0.15) is 13.3 Å². The molecule has 0 aromatic rings. The summed E-state index contributed by atoms with van der Waals surface area (Å²) in [5.41, 5.74) is 0. The molecule has 0 aromatic heterocycles. The molecule has 2 rings (SSSR count). The van der Waals surface area contributed by atoms with E-state index in [1.165, 1.54) is 0 Å². The second-order valence-electron chi connectivity index (χ2n) is 5.21. The first-order chi connectivity index (χ1) is 8.88. The number of likely N-dealkylation sites (tertiary alicyclic amines) is 1. The van der Waals surface area contributed by atoms with Crippen molar-refractivity contribution in [3.05, 3.63) is 0 Å². The number of hydrogen-bond acceptors (Lipinski definition) is 5. The SMILES string of the molecule is CC(CN1CC(S(N)(=O)=O)CC1=O)N1CCOCC1. The molecule has 8 heteroatoms. The molecule has 0 spiro atoms. The number of amides is 1. The van der Waals surface area contributed by atoms with E-state index in [1.54, 1.807) is 4.90 Å². The van der Waals surface area contributed by atoms with Crippen LogP contribution < -0.4 is 5.14 Å². The maximum Gasteiger partial charge on any atom is 0.224 e. The van der Waals surface area contributed by atoms with Crippen molar-refractivity contribution in [2.24, 2.45) is 5.14 Å². The number of rotatable bonds is 4. The summed E-state index contributed by atoms with van der Waals surface area (Å²) in [6.45, 7) is 5.92. The maximum absolute atomic E-state index is 11.8. The lowest BCUT2D eigenvalue weighted by atomic mass is 10.2. The zero-order chi connectivity index (χ0) is 14.0. The second-order valence-corrected chi connectivity index (χ2v) is 7.06. The molecule has 110 valence electrons. The van der Waals surface area contributed by atoms with Crippen molar-refractivity contribution in [2.45, 2.75) is 24.6 Å². The highest BCUT2D eigenvalue weighted by atomic mass is 32.2. The maximum atomic E-state index is 11.8. The van der Waals surface area contributed by atoms with E-state index < -0.39 is 15.3 Å². The number of nitrogens with two attached hydrogens (primary N) is 1. The molecule has 7 nitrogen and oxygen atoms in total. The number of carbonyl (C=O) groups is 1. The van der Waals surface area contributed by atoms with Gasteiger partial charge in [0.25, 0.3) is 0 Å².